The van der Waals surface area contributed by atoms with Gasteiger partial charge in [-0.05, 0) is 29.1 Å². The summed E-state index contributed by atoms with van der Waals surface area (Å²) in [5.74, 6) is 0.538. The molecule has 0 saturated heterocycles. The minimum atomic E-state index is -3.35. The van der Waals surface area contributed by atoms with E-state index in [2.05, 4.69) is 21.8 Å². The van der Waals surface area contributed by atoms with Gasteiger partial charge in [0.05, 0.1) is 5.75 Å². The molecule has 0 aliphatic heterocycles. The molecule has 0 radical (unpaired) electrons. The van der Waals surface area contributed by atoms with Crippen LogP contribution in [0.2, 0.25) is 0 Å². The number of anilines is 2. The molecular formula is C14H17N3O2S2. The third-order valence-electron chi connectivity index (χ3n) is 3.84. The Labute approximate surface area is 128 Å². The molecule has 1 aliphatic carbocycles. The Balaban J connectivity index is 1.76. The van der Waals surface area contributed by atoms with Crippen LogP contribution in [0.15, 0.2) is 29.2 Å². The first-order chi connectivity index (χ1) is 10.0. The number of nitrogen functional groups attached to an aromatic ring is 1. The molecule has 1 heterocycles. The van der Waals surface area contributed by atoms with Crippen molar-refractivity contribution in [2.45, 2.75) is 24.2 Å². The van der Waals surface area contributed by atoms with Crippen molar-refractivity contribution in [3.05, 3.63) is 35.4 Å². The van der Waals surface area contributed by atoms with Gasteiger partial charge in [-0.3, -0.25) is 0 Å². The number of nitrogens with two attached hydrogens (primary N) is 1. The molecule has 3 rings (SSSR count). The van der Waals surface area contributed by atoms with Crippen LogP contribution in [-0.2, 0) is 16.3 Å². The molecule has 5 nitrogen and oxygen atoms in total. The van der Waals surface area contributed by atoms with Gasteiger partial charge in [0.1, 0.15) is 9.90 Å². The predicted octanol–water partition coefficient (Wildman–Crippen LogP) is 2.27. The highest BCUT2D eigenvalue weighted by Crippen LogP contribution is 2.37. The summed E-state index contributed by atoms with van der Waals surface area (Å²) in [6.45, 7) is 2.31. The largest absolute Gasteiger partial charge is 0.382 e. The van der Waals surface area contributed by atoms with Gasteiger partial charge in [0.15, 0.2) is 15.7 Å². The second-order valence-electron chi connectivity index (χ2n) is 5.11. The molecule has 0 amide bonds. The molecule has 0 saturated carbocycles. The van der Waals surface area contributed by atoms with Crippen molar-refractivity contribution < 1.29 is 8.42 Å². The van der Waals surface area contributed by atoms with Crippen LogP contribution in [-0.4, -0.2) is 25.1 Å². The van der Waals surface area contributed by atoms with Crippen molar-refractivity contribution >= 4 is 32.2 Å². The van der Waals surface area contributed by atoms with E-state index in [1.54, 1.807) is 6.92 Å². The van der Waals surface area contributed by atoms with E-state index in [-0.39, 0.29) is 16.5 Å². The first-order valence-corrected chi connectivity index (χ1v) is 9.25. The Morgan fingerprint density at radius 1 is 1.43 bits per heavy atom. The van der Waals surface area contributed by atoms with Crippen LogP contribution in [0.25, 0.3) is 0 Å². The molecule has 7 heteroatoms. The van der Waals surface area contributed by atoms with Crippen molar-refractivity contribution in [2.24, 2.45) is 0 Å². The van der Waals surface area contributed by atoms with Crippen molar-refractivity contribution in [1.29, 1.82) is 0 Å². The molecule has 112 valence electrons. The zero-order chi connectivity index (χ0) is 15.0. The van der Waals surface area contributed by atoms with Gasteiger partial charge in [-0.1, -0.05) is 31.2 Å². The Morgan fingerprint density at radius 2 is 2.19 bits per heavy atom. The number of hydrogen-bond acceptors (Lipinski definition) is 6. The fourth-order valence-corrected chi connectivity index (χ4v) is 4.79. The second-order valence-corrected chi connectivity index (χ2v) is 8.10. The van der Waals surface area contributed by atoms with Crippen LogP contribution in [0.5, 0.6) is 0 Å². The Bertz CT molecular complexity index is 768. The number of hydrogen-bond donors (Lipinski definition) is 2. The number of aromatic nitrogens is 1. The maximum atomic E-state index is 12.1. The third-order valence-corrected chi connectivity index (χ3v) is 6.58. The zero-order valence-corrected chi connectivity index (χ0v) is 13.3. The first kappa shape index (κ1) is 14.3. The summed E-state index contributed by atoms with van der Waals surface area (Å²) in [6.07, 6.45) is 1.02. The lowest BCUT2D eigenvalue weighted by Crippen LogP contribution is -2.24. The summed E-state index contributed by atoms with van der Waals surface area (Å²) in [7, 11) is -3.35. The van der Waals surface area contributed by atoms with Crippen molar-refractivity contribution in [1.82, 2.24) is 4.37 Å². The predicted molar refractivity (Wildman–Crippen MR) is 85.6 cm³/mol. The summed E-state index contributed by atoms with van der Waals surface area (Å²) in [5, 5.41) is 3.77. The highest BCUT2D eigenvalue weighted by atomic mass is 32.2. The Hall–Kier alpha value is -1.60. The van der Waals surface area contributed by atoms with E-state index in [1.165, 1.54) is 11.1 Å². The molecule has 0 bridgehead atoms. The Morgan fingerprint density at radius 3 is 2.90 bits per heavy atom. The highest BCUT2D eigenvalue weighted by molar-refractivity contribution is 7.91. The van der Waals surface area contributed by atoms with Gasteiger partial charge in [-0.2, -0.15) is 4.37 Å². The summed E-state index contributed by atoms with van der Waals surface area (Å²) < 4.78 is 28.1. The standard InChI is InChI=1S/C14H17N3O2S2/c1-2-21(18,19)12-13(15)17-20-14(12)16-8-10-7-9-5-3-4-6-11(9)10/h3-6,10,16H,2,7-8H2,1H3,(H2,15,17). The van der Waals surface area contributed by atoms with E-state index in [4.69, 9.17) is 5.73 Å². The SMILES string of the molecule is CCS(=O)(=O)c1c(N)nsc1NCC1Cc2ccccc21. The zero-order valence-electron chi connectivity index (χ0n) is 11.7. The molecule has 1 aromatic heterocycles. The number of nitrogens with zero attached hydrogens (tertiary/aromatic N) is 1. The molecular weight excluding hydrogens is 306 g/mol. The van der Waals surface area contributed by atoms with Crippen molar-refractivity contribution in [3.8, 4) is 0 Å². The monoisotopic (exact) mass is 323 g/mol. The average Bonchev–Trinajstić information content (AvgIpc) is 2.82. The summed E-state index contributed by atoms with van der Waals surface area (Å²) in [4.78, 5) is 0.155. The lowest BCUT2D eigenvalue weighted by molar-refractivity contribution is 0.597. The maximum absolute atomic E-state index is 12.1. The number of nitrogens with one attached hydrogen (secondary N) is 1. The normalized spacial score (nSPS) is 17.1. The smallest absolute Gasteiger partial charge is 0.184 e. The van der Waals surface area contributed by atoms with Gasteiger partial charge in [0.2, 0.25) is 0 Å². The van der Waals surface area contributed by atoms with Gasteiger partial charge >= 0.3 is 0 Å². The number of sulfone groups is 1. The lowest BCUT2D eigenvalue weighted by Gasteiger charge is -2.30. The number of benzene rings is 1. The van der Waals surface area contributed by atoms with Crippen LogP contribution >= 0.6 is 11.5 Å². The van der Waals surface area contributed by atoms with E-state index < -0.39 is 9.84 Å². The highest BCUT2D eigenvalue weighted by Gasteiger charge is 2.28. The topological polar surface area (TPSA) is 85.1 Å². The van der Waals surface area contributed by atoms with E-state index in [9.17, 15) is 8.42 Å². The van der Waals surface area contributed by atoms with Crippen LogP contribution in [0.1, 0.15) is 24.0 Å². The second kappa shape index (κ2) is 5.31. The van der Waals surface area contributed by atoms with Gasteiger partial charge in [-0.15, -0.1) is 0 Å². The maximum Gasteiger partial charge on any atom is 0.184 e. The molecule has 0 fully saturated rings. The first-order valence-electron chi connectivity index (χ1n) is 6.82. The van der Waals surface area contributed by atoms with E-state index in [1.807, 2.05) is 12.1 Å². The van der Waals surface area contributed by atoms with Crippen molar-refractivity contribution in [2.75, 3.05) is 23.3 Å². The number of rotatable bonds is 5. The minimum Gasteiger partial charge on any atom is -0.382 e. The average molecular weight is 323 g/mol. The van der Waals surface area contributed by atoms with Crippen LogP contribution in [0, 0.1) is 0 Å². The fourth-order valence-electron chi connectivity index (χ4n) is 2.61. The quantitative estimate of drug-likeness (QED) is 0.881. The molecule has 0 spiro atoms. The summed E-state index contributed by atoms with van der Waals surface area (Å²) >= 11 is 1.11. The van der Waals surface area contributed by atoms with Crippen LogP contribution in [0.4, 0.5) is 10.8 Å². The molecule has 1 unspecified atom stereocenters. The van der Waals surface area contributed by atoms with E-state index >= 15 is 0 Å². The van der Waals surface area contributed by atoms with Gasteiger partial charge in [0.25, 0.3) is 0 Å². The minimum absolute atomic E-state index is 0.0244. The van der Waals surface area contributed by atoms with E-state index in [0.717, 1.165) is 18.0 Å². The molecule has 21 heavy (non-hydrogen) atoms. The molecule has 3 N–H and O–H groups in total. The number of fused-ring (bicyclic) bond motifs is 1. The summed E-state index contributed by atoms with van der Waals surface area (Å²) in [5.41, 5.74) is 8.42. The van der Waals surface area contributed by atoms with Gasteiger partial charge in [0, 0.05) is 12.5 Å². The van der Waals surface area contributed by atoms with Crippen molar-refractivity contribution in [3.63, 3.8) is 0 Å². The fraction of sp³-hybridized carbons (Fsp3) is 0.357. The molecule has 2 aromatic rings. The van der Waals surface area contributed by atoms with Crippen LogP contribution in [0.3, 0.4) is 0 Å². The lowest BCUT2D eigenvalue weighted by atomic mass is 9.78. The Kier molecular flexibility index (Phi) is 3.62. The van der Waals surface area contributed by atoms with E-state index in [0.29, 0.717) is 17.5 Å². The van der Waals surface area contributed by atoms with Gasteiger partial charge < -0.3 is 11.1 Å². The third kappa shape index (κ3) is 2.51. The van der Waals surface area contributed by atoms with Gasteiger partial charge in [-0.25, -0.2) is 8.42 Å². The molecule has 1 atom stereocenters. The van der Waals surface area contributed by atoms with Crippen LogP contribution < -0.4 is 11.1 Å². The summed E-state index contributed by atoms with van der Waals surface area (Å²) in [6, 6.07) is 8.32. The molecule has 1 aliphatic rings. The molecule has 1 aromatic carbocycles.